The van der Waals surface area contributed by atoms with Gasteiger partial charge in [-0.15, -0.1) is 5.10 Å². The van der Waals surface area contributed by atoms with Crippen molar-refractivity contribution >= 4 is 28.8 Å². The number of imidazole rings is 1. The first-order chi connectivity index (χ1) is 17.0. The van der Waals surface area contributed by atoms with Gasteiger partial charge in [-0.3, -0.25) is 9.78 Å². The van der Waals surface area contributed by atoms with Gasteiger partial charge in [0, 0.05) is 41.3 Å². The standard InChI is InChI=1S/C23H19ClFN9O/c24-15-2-4-18(33-11-29-31-32-33)21(22(15)25)12-7-13-1-3-19(34(13)20(35)8-12)23-28-10-17(30-23)14-9-27-6-5-16(14)26/h2,4-6,8-11,13,19H,1,3,7H2,(H2,26,27)(H,28,30)/t13?,19-/m0/s1. The number of nitrogens with zero attached hydrogens (tertiary/aromatic N) is 7. The largest absolute Gasteiger partial charge is 0.398 e. The molecule has 0 radical (unpaired) electrons. The quantitative estimate of drug-likeness (QED) is 0.447. The molecule has 1 saturated heterocycles. The molecule has 1 aromatic carbocycles. The first-order valence-electron chi connectivity index (χ1n) is 11.0. The van der Waals surface area contributed by atoms with Crippen molar-refractivity contribution in [1.82, 2.24) is 40.1 Å². The second-order valence-corrected chi connectivity index (χ2v) is 8.93. The summed E-state index contributed by atoms with van der Waals surface area (Å²) >= 11 is 6.10. The molecule has 1 amide bonds. The Hall–Kier alpha value is -4.12. The molecule has 3 aromatic heterocycles. The monoisotopic (exact) mass is 491 g/mol. The fourth-order valence-electron chi connectivity index (χ4n) is 4.98. The van der Waals surface area contributed by atoms with Crippen LogP contribution < -0.4 is 5.73 Å². The van der Waals surface area contributed by atoms with Crippen LogP contribution in [0.3, 0.4) is 0 Å². The molecule has 176 valence electrons. The number of carbonyl (C=O) groups excluding carboxylic acids is 1. The van der Waals surface area contributed by atoms with Gasteiger partial charge in [-0.05, 0) is 53.5 Å². The Labute approximate surface area is 203 Å². The molecule has 5 heterocycles. The number of H-pyrrole nitrogens is 1. The number of halogens is 2. The Kier molecular flexibility index (Phi) is 5.06. The number of pyridine rings is 1. The number of nitrogens with two attached hydrogens (primary N) is 1. The zero-order chi connectivity index (χ0) is 24.1. The maximum absolute atomic E-state index is 15.2. The number of benzene rings is 1. The van der Waals surface area contributed by atoms with Gasteiger partial charge in [0.1, 0.15) is 12.2 Å². The average molecular weight is 492 g/mol. The Morgan fingerprint density at radius 1 is 1.20 bits per heavy atom. The highest BCUT2D eigenvalue weighted by Crippen LogP contribution is 2.44. The molecule has 0 spiro atoms. The minimum Gasteiger partial charge on any atom is -0.398 e. The van der Waals surface area contributed by atoms with Crippen LogP contribution >= 0.6 is 11.6 Å². The second-order valence-electron chi connectivity index (χ2n) is 8.52. The normalized spacial score (nSPS) is 19.7. The van der Waals surface area contributed by atoms with E-state index in [0.29, 0.717) is 29.2 Å². The van der Waals surface area contributed by atoms with E-state index in [0.717, 1.165) is 24.1 Å². The predicted octanol–water partition coefficient (Wildman–Crippen LogP) is 3.34. The molecule has 10 nitrogen and oxygen atoms in total. The van der Waals surface area contributed by atoms with E-state index < -0.39 is 5.82 Å². The van der Waals surface area contributed by atoms with E-state index >= 15 is 4.39 Å². The highest BCUT2D eigenvalue weighted by Gasteiger charge is 2.42. The molecular weight excluding hydrogens is 473 g/mol. The number of rotatable bonds is 4. The summed E-state index contributed by atoms with van der Waals surface area (Å²) in [6, 6.07) is 4.48. The van der Waals surface area contributed by atoms with E-state index in [-0.39, 0.29) is 28.6 Å². The van der Waals surface area contributed by atoms with Crippen molar-refractivity contribution in [2.75, 3.05) is 5.73 Å². The number of aromatic amines is 1. The molecule has 1 unspecified atom stereocenters. The minimum absolute atomic E-state index is 0.0327. The van der Waals surface area contributed by atoms with E-state index in [1.54, 1.807) is 30.7 Å². The number of fused-ring (bicyclic) bond motifs is 1. The summed E-state index contributed by atoms with van der Waals surface area (Å²) in [6.45, 7) is 0. The van der Waals surface area contributed by atoms with Crippen LogP contribution in [0.4, 0.5) is 10.1 Å². The summed E-state index contributed by atoms with van der Waals surface area (Å²) in [4.78, 5) is 27.1. The topological polar surface area (TPSA) is 132 Å². The highest BCUT2D eigenvalue weighted by atomic mass is 35.5. The third-order valence-corrected chi connectivity index (χ3v) is 6.85. The van der Waals surface area contributed by atoms with E-state index in [1.165, 1.54) is 23.2 Å². The van der Waals surface area contributed by atoms with Gasteiger partial charge in [0.25, 0.3) is 0 Å². The lowest BCUT2D eigenvalue weighted by Crippen LogP contribution is -2.39. The molecule has 35 heavy (non-hydrogen) atoms. The second kappa shape index (κ2) is 8.27. The molecule has 2 aliphatic rings. The first kappa shape index (κ1) is 21.4. The molecule has 4 aromatic rings. The number of aromatic nitrogens is 7. The molecule has 6 rings (SSSR count). The van der Waals surface area contributed by atoms with Crippen LogP contribution in [0.1, 0.15) is 36.7 Å². The number of nitrogens with one attached hydrogen (secondary N) is 1. The fraction of sp³-hybridized carbons (Fsp3) is 0.217. The van der Waals surface area contributed by atoms with Crippen molar-refractivity contribution < 1.29 is 9.18 Å². The molecule has 2 aliphatic heterocycles. The lowest BCUT2D eigenvalue weighted by Gasteiger charge is -2.33. The van der Waals surface area contributed by atoms with Crippen molar-refractivity contribution in [1.29, 1.82) is 0 Å². The molecule has 12 heteroatoms. The van der Waals surface area contributed by atoms with Crippen molar-refractivity contribution in [3.8, 4) is 16.9 Å². The van der Waals surface area contributed by atoms with Crippen LogP contribution in [0.25, 0.3) is 22.5 Å². The number of tetrazole rings is 1. The van der Waals surface area contributed by atoms with E-state index in [2.05, 4.69) is 30.5 Å². The molecule has 1 fully saturated rings. The van der Waals surface area contributed by atoms with Gasteiger partial charge in [-0.2, -0.15) is 4.68 Å². The van der Waals surface area contributed by atoms with Crippen LogP contribution in [0.2, 0.25) is 5.02 Å². The summed E-state index contributed by atoms with van der Waals surface area (Å²) < 4.78 is 16.6. The summed E-state index contributed by atoms with van der Waals surface area (Å²) in [5, 5.41) is 11.1. The Balaban J connectivity index is 1.34. The average Bonchev–Trinajstić information content (AvgIpc) is 3.61. The van der Waals surface area contributed by atoms with Crippen LogP contribution in [-0.2, 0) is 4.79 Å². The van der Waals surface area contributed by atoms with E-state index in [1.807, 2.05) is 4.90 Å². The number of nitrogen functional groups attached to an aromatic ring is 1. The van der Waals surface area contributed by atoms with Crippen molar-refractivity contribution in [3.05, 3.63) is 71.4 Å². The number of amides is 1. The van der Waals surface area contributed by atoms with Gasteiger partial charge in [0.15, 0.2) is 5.82 Å². The van der Waals surface area contributed by atoms with Crippen LogP contribution in [-0.4, -0.2) is 52.0 Å². The van der Waals surface area contributed by atoms with E-state index in [9.17, 15) is 4.79 Å². The summed E-state index contributed by atoms with van der Waals surface area (Å²) in [5.41, 5.74) is 9.35. The molecule has 0 bridgehead atoms. The Morgan fingerprint density at radius 2 is 2.09 bits per heavy atom. The maximum Gasteiger partial charge on any atom is 0.247 e. The number of carbonyl (C=O) groups is 1. The summed E-state index contributed by atoms with van der Waals surface area (Å²) in [6.07, 6.45) is 9.79. The molecule has 2 atom stereocenters. The first-order valence-corrected chi connectivity index (χ1v) is 11.4. The summed E-state index contributed by atoms with van der Waals surface area (Å²) in [7, 11) is 0. The molecule has 0 saturated carbocycles. The third kappa shape index (κ3) is 3.55. The lowest BCUT2D eigenvalue weighted by atomic mass is 9.92. The third-order valence-electron chi connectivity index (χ3n) is 6.56. The number of hydrogen-bond acceptors (Lipinski definition) is 7. The smallest absolute Gasteiger partial charge is 0.247 e. The number of anilines is 1. The van der Waals surface area contributed by atoms with Crippen LogP contribution in [0, 0.1) is 5.82 Å². The lowest BCUT2D eigenvalue weighted by molar-refractivity contribution is -0.129. The SMILES string of the molecule is Nc1ccncc1-c1cnc([C@@H]2CCC3CC(c4c(-n5cnnn5)ccc(Cl)c4F)=CC(=O)N32)[nH]1. The van der Waals surface area contributed by atoms with Gasteiger partial charge < -0.3 is 15.6 Å². The van der Waals surface area contributed by atoms with Crippen LogP contribution in [0.15, 0.2) is 49.2 Å². The maximum atomic E-state index is 15.2. The predicted molar refractivity (Wildman–Crippen MR) is 126 cm³/mol. The van der Waals surface area contributed by atoms with Gasteiger partial charge in [0.05, 0.1) is 28.6 Å². The summed E-state index contributed by atoms with van der Waals surface area (Å²) in [5.74, 6) is -0.134. The van der Waals surface area contributed by atoms with E-state index in [4.69, 9.17) is 17.3 Å². The fourth-order valence-corrected chi connectivity index (χ4v) is 5.13. The van der Waals surface area contributed by atoms with Crippen molar-refractivity contribution in [3.63, 3.8) is 0 Å². The van der Waals surface area contributed by atoms with Crippen molar-refractivity contribution in [2.24, 2.45) is 0 Å². The minimum atomic E-state index is -0.605. The van der Waals surface area contributed by atoms with Gasteiger partial charge in [0.2, 0.25) is 5.91 Å². The Bertz CT molecular complexity index is 1470. The zero-order valence-corrected chi connectivity index (χ0v) is 19.0. The van der Waals surface area contributed by atoms with Crippen LogP contribution in [0.5, 0.6) is 0 Å². The van der Waals surface area contributed by atoms with Crippen molar-refractivity contribution in [2.45, 2.75) is 31.3 Å². The highest BCUT2D eigenvalue weighted by molar-refractivity contribution is 6.31. The van der Waals surface area contributed by atoms with Gasteiger partial charge >= 0.3 is 0 Å². The molecule has 3 N–H and O–H groups in total. The zero-order valence-electron chi connectivity index (χ0n) is 18.3. The molecular formula is C23H19ClFN9O. The number of hydrogen-bond donors (Lipinski definition) is 2. The Morgan fingerprint density at radius 3 is 2.89 bits per heavy atom. The van der Waals surface area contributed by atoms with Gasteiger partial charge in [-0.1, -0.05) is 11.6 Å². The van der Waals surface area contributed by atoms with Gasteiger partial charge in [-0.25, -0.2) is 9.37 Å². The molecule has 0 aliphatic carbocycles.